The molecule has 3 N–H and O–H groups in total. The van der Waals surface area contributed by atoms with Gasteiger partial charge in [0.15, 0.2) is 0 Å². The fourth-order valence-electron chi connectivity index (χ4n) is 1.83. The van der Waals surface area contributed by atoms with Gasteiger partial charge in [-0.2, -0.15) is 0 Å². The van der Waals surface area contributed by atoms with Gasteiger partial charge in [0.2, 0.25) is 0 Å². The van der Waals surface area contributed by atoms with Crippen molar-refractivity contribution in [1.29, 1.82) is 0 Å². The van der Waals surface area contributed by atoms with Crippen LogP contribution < -0.4 is 15.4 Å². The molecule has 0 bridgehead atoms. The van der Waals surface area contributed by atoms with Crippen LogP contribution in [0.25, 0.3) is 0 Å². The summed E-state index contributed by atoms with van der Waals surface area (Å²) in [6, 6.07) is 5.52. The molecule has 1 unspecified atom stereocenters. The minimum Gasteiger partial charge on any atom is -0.492 e. The number of para-hydroxylation sites is 2. The Morgan fingerprint density at radius 1 is 1.29 bits per heavy atom. The van der Waals surface area contributed by atoms with E-state index in [2.05, 4.69) is 10.6 Å². The van der Waals surface area contributed by atoms with E-state index in [1.54, 1.807) is 31.2 Å². The minimum atomic E-state index is -1.04. The molecule has 6 heteroatoms. The van der Waals surface area contributed by atoms with E-state index < -0.39 is 18.0 Å². The van der Waals surface area contributed by atoms with Crippen molar-refractivity contribution >= 4 is 17.7 Å². The molecule has 1 aromatic rings. The van der Waals surface area contributed by atoms with Gasteiger partial charge in [0.25, 0.3) is 0 Å². The second-order valence-corrected chi connectivity index (χ2v) is 4.73. The molecule has 0 heterocycles. The highest BCUT2D eigenvalue weighted by Gasteiger charge is 2.25. The zero-order valence-electron chi connectivity index (χ0n) is 12.6. The molecule has 0 radical (unpaired) electrons. The Bertz CT molecular complexity index is 490. The number of aliphatic carboxylic acids is 1. The summed E-state index contributed by atoms with van der Waals surface area (Å²) in [6.45, 7) is 5.99. The second-order valence-electron chi connectivity index (χ2n) is 4.73. The maximum absolute atomic E-state index is 12.0. The van der Waals surface area contributed by atoms with Gasteiger partial charge in [-0.05, 0) is 25.0 Å². The SMILES string of the molecule is CCOc1ccccc1NC(=O)N[C@H](C(=O)O)C(C)CC. The van der Waals surface area contributed by atoms with Crippen molar-refractivity contribution in [1.82, 2.24) is 5.32 Å². The fraction of sp³-hybridized carbons (Fsp3) is 0.467. The van der Waals surface area contributed by atoms with Crippen LogP contribution in [0, 0.1) is 5.92 Å². The van der Waals surface area contributed by atoms with Crippen LogP contribution in [-0.4, -0.2) is 29.8 Å². The van der Waals surface area contributed by atoms with E-state index in [-0.39, 0.29) is 5.92 Å². The van der Waals surface area contributed by atoms with E-state index >= 15 is 0 Å². The molecule has 0 spiro atoms. The zero-order chi connectivity index (χ0) is 15.8. The second kappa shape index (κ2) is 8.14. The summed E-state index contributed by atoms with van der Waals surface area (Å²) in [4.78, 5) is 23.2. The predicted octanol–water partition coefficient (Wildman–Crippen LogP) is 2.71. The molecule has 0 aromatic heterocycles. The summed E-state index contributed by atoms with van der Waals surface area (Å²) in [5.74, 6) is -0.654. The number of carbonyl (C=O) groups excluding carboxylic acids is 1. The van der Waals surface area contributed by atoms with Crippen LogP contribution in [-0.2, 0) is 4.79 Å². The number of carboxylic acids is 1. The molecule has 6 nitrogen and oxygen atoms in total. The number of carboxylic acid groups (broad SMARTS) is 1. The lowest BCUT2D eigenvalue weighted by atomic mass is 9.99. The lowest BCUT2D eigenvalue weighted by Crippen LogP contribution is -2.46. The van der Waals surface area contributed by atoms with Gasteiger partial charge in [-0.1, -0.05) is 32.4 Å². The monoisotopic (exact) mass is 294 g/mol. The number of carbonyl (C=O) groups is 2. The van der Waals surface area contributed by atoms with Crippen LogP contribution >= 0.6 is 0 Å². The molecule has 0 saturated carbocycles. The van der Waals surface area contributed by atoms with Gasteiger partial charge in [-0.3, -0.25) is 0 Å². The third-order valence-electron chi connectivity index (χ3n) is 3.20. The normalized spacial score (nSPS) is 13.1. The molecule has 0 aliphatic rings. The summed E-state index contributed by atoms with van der Waals surface area (Å²) in [5, 5.41) is 14.3. The number of ether oxygens (including phenoxy) is 1. The van der Waals surface area contributed by atoms with Crippen molar-refractivity contribution < 1.29 is 19.4 Å². The molecule has 0 aliphatic carbocycles. The number of amides is 2. The molecule has 0 fully saturated rings. The largest absolute Gasteiger partial charge is 0.492 e. The number of rotatable bonds is 7. The Morgan fingerprint density at radius 3 is 2.52 bits per heavy atom. The Labute approximate surface area is 124 Å². The number of nitrogens with one attached hydrogen (secondary N) is 2. The lowest BCUT2D eigenvalue weighted by molar-refractivity contribution is -0.140. The lowest BCUT2D eigenvalue weighted by Gasteiger charge is -2.20. The Balaban J connectivity index is 2.74. The van der Waals surface area contributed by atoms with Crippen LogP contribution in [0.15, 0.2) is 24.3 Å². The Kier molecular flexibility index (Phi) is 6.52. The third-order valence-corrected chi connectivity index (χ3v) is 3.20. The first-order valence-electron chi connectivity index (χ1n) is 7.01. The van der Waals surface area contributed by atoms with Crippen molar-refractivity contribution in [2.75, 3.05) is 11.9 Å². The van der Waals surface area contributed by atoms with E-state index in [0.717, 1.165) is 0 Å². The summed E-state index contributed by atoms with van der Waals surface area (Å²) < 4.78 is 5.40. The average molecular weight is 294 g/mol. The molecule has 21 heavy (non-hydrogen) atoms. The summed E-state index contributed by atoms with van der Waals surface area (Å²) in [6.07, 6.45) is 0.660. The highest BCUT2D eigenvalue weighted by molar-refractivity contribution is 5.93. The van der Waals surface area contributed by atoms with Crippen LogP contribution in [0.4, 0.5) is 10.5 Å². The summed E-state index contributed by atoms with van der Waals surface area (Å²) in [5.41, 5.74) is 0.505. The van der Waals surface area contributed by atoms with Crippen molar-refractivity contribution in [2.45, 2.75) is 33.2 Å². The fourth-order valence-corrected chi connectivity index (χ4v) is 1.83. The highest BCUT2D eigenvalue weighted by Crippen LogP contribution is 2.23. The highest BCUT2D eigenvalue weighted by atomic mass is 16.5. The number of urea groups is 1. The van der Waals surface area contributed by atoms with Gasteiger partial charge in [0.1, 0.15) is 11.8 Å². The molecule has 1 aromatic carbocycles. The number of hydrogen-bond acceptors (Lipinski definition) is 3. The van der Waals surface area contributed by atoms with Crippen LogP contribution in [0.3, 0.4) is 0 Å². The molecular weight excluding hydrogens is 272 g/mol. The first kappa shape index (κ1) is 16.8. The van der Waals surface area contributed by atoms with Crippen molar-refractivity contribution in [2.24, 2.45) is 5.92 Å². The van der Waals surface area contributed by atoms with Crippen molar-refractivity contribution in [3.63, 3.8) is 0 Å². The zero-order valence-corrected chi connectivity index (χ0v) is 12.6. The topological polar surface area (TPSA) is 87.7 Å². The molecule has 0 saturated heterocycles. The molecular formula is C15H22N2O4. The smallest absolute Gasteiger partial charge is 0.326 e. The number of anilines is 1. The van der Waals surface area contributed by atoms with Gasteiger partial charge < -0.3 is 20.5 Å². The quantitative estimate of drug-likeness (QED) is 0.721. The van der Waals surface area contributed by atoms with Crippen LogP contribution in [0.2, 0.25) is 0 Å². The Hall–Kier alpha value is -2.24. The predicted molar refractivity (Wildman–Crippen MR) is 80.6 cm³/mol. The summed E-state index contributed by atoms with van der Waals surface area (Å²) >= 11 is 0. The first-order chi connectivity index (χ1) is 9.99. The number of benzene rings is 1. The summed E-state index contributed by atoms with van der Waals surface area (Å²) in [7, 11) is 0. The Morgan fingerprint density at radius 2 is 1.95 bits per heavy atom. The third kappa shape index (κ3) is 4.98. The van der Waals surface area contributed by atoms with Gasteiger partial charge in [-0.25, -0.2) is 9.59 Å². The number of hydrogen-bond donors (Lipinski definition) is 3. The van der Waals surface area contributed by atoms with E-state index in [1.165, 1.54) is 0 Å². The molecule has 2 atom stereocenters. The van der Waals surface area contributed by atoms with Crippen LogP contribution in [0.5, 0.6) is 5.75 Å². The minimum absolute atomic E-state index is 0.157. The standard InChI is InChI=1S/C15H22N2O4/c1-4-10(3)13(14(18)19)17-15(20)16-11-8-6-7-9-12(11)21-5-2/h6-10,13H,4-5H2,1-3H3,(H,18,19)(H2,16,17,20)/t10?,13-/m0/s1. The molecule has 1 rings (SSSR count). The van der Waals surface area contributed by atoms with Crippen molar-refractivity contribution in [3.05, 3.63) is 24.3 Å². The van der Waals surface area contributed by atoms with E-state index in [1.807, 2.05) is 13.8 Å². The van der Waals surface area contributed by atoms with E-state index in [4.69, 9.17) is 9.84 Å². The maximum Gasteiger partial charge on any atom is 0.326 e. The van der Waals surface area contributed by atoms with Gasteiger partial charge in [0.05, 0.1) is 12.3 Å². The molecule has 0 aliphatic heterocycles. The van der Waals surface area contributed by atoms with Crippen LogP contribution in [0.1, 0.15) is 27.2 Å². The van der Waals surface area contributed by atoms with E-state index in [0.29, 0.717) is 24.5 Å². The van der Waals surface area contributed by atoms with Gasteiger partial charge in [-0.15, -0.1) is 0 Å². The van der Waals surface area contributed by atoms with Gasteiger partial charge >= 0.3 is 12.0 Å². The van der Waals surface area contributed by atoms with Gasteiger partial charge in [0, 0.05) is 0 Å². The average Bonchev–Trinajstić information content (AvgIpc) is 2.46. The first-order valence-corrected chi connectivity index (χ1v) is 7.01. The van der Waals surface area contributed by atoms with Crippen molar-refractivity contribution in [3.8, 4) is 5.75 Å². The maximum atomic E-state index is 12.0. The van der Waals surface area contributed by atoms with E-state index in [9.17, 15) is 9.59 Å². The molecule has 2 amide bonds. The molecule has 116 valence electrons.